The zero-order valence-corrected chi connectivity index (χ0v) is 15.9. The molecule has 0 aliphatic carbocycles. The number of nitrogens with one attached hydrogen (secondary N) is 2. The molecule has 0 spiro atoms. The third kappa shape index (κ3) is 4.92. The third-order valence-electron chi connectivity index (χ3n) is 4.37. The summed E-state index contributed by atoms with van der Waals surface area (Å²) in [5, 5.41) is 6.16. The molecule has 6 heteroatoms. The maximum Gasteiger partial charge on any atom is 0.357 e. The van der Waals surface area contributed by atoms with Gasteiger partial charge in [-0.3, -0.25) is 4.79 Å². The van der Waals surface area contributed by atoms with E-state index >= 15 is 0 Å². The number of rotatable bonds is 4. The Hall–Kier alpha value is -2.73. The number of esters is 1. The lowest BCUT2D eigenvalue weighted by Crippen LogP contribution is -2.39. The molecule has 0 bridgehead atoms. The summed E-state index contributed by atoms with van der Waals surface area (Å²) in [6, 6.07) is 13.0. The zero-order valence-electron chi connectivity index (χ0n) is 15.9. The van der Waals surface area contributed by atoms with Crippen LogP contribution in [0.15, 0.2) is 48.7 Å². The van der Waals surface area contributed by atoms with Crippen molar-refractivity contribution in [3.8, 4) is 0 Å². The summed E-state index contributed by atoms with van der Waals surface area (Å²) < 4.78 is 5.29. The van der Waals surface area contributed by atoms with E-state index in [-0.39, 0.29) is 23.6 Å². The van der Waals surface area contributed by atoms with Crippen LogP contribution < -0.4 is 10.6 Å². The lowest BCUT2D eigenvalue weighted by atomic mass is 9.91. The molecule has 142 valence electrons. The molecule has 1 fully saturated rings. The van der Waals surface area contributed by atoms with Crippen molar-refractivity contribution < 1.29 is 14.3 Å². The lowest BCUT2D eigenvalue weighted by Gasteiger charge is -2.20. The maximum atomic E-state index is 12.7. The number of carbonyl (C=O) groups excluding carboxylic acids is 2. The molecule has 1 aliphatic rings. The van der Waals surface area contributed by atoms with Crippen molar-refractivity contribution in [1.29, 1.82) is 0 Å². The lowest BCUT2D eigenvalue weighted by molar-refractivity contribution is -0.118. The number of ether oxygens (including phenoxy) is 1. The number of carbonyl (C=O) groups is 2. The Balaban J connectivity index is 1.65. The first-order chi connectivity index (χ1) is 12.8. The summed E-state index contributed by atoms with van der Waals surface area (Å²) in [5.74, 6) is -0.449. The Kier molecular flexibility index (Phi) is 5.56. The summed E-state index contributed by atoms with van der Waals surface area (Å²) in [6.45, 7) is 6.21. The molecule has 2 heterocycles. The van der Waals surface area contributed by atoms with Crippen molar-refractivity contribution in [1.82, 2.24) is 10.3 Å². The van der Waals surface area contributed by atoms with Gasteiger partial charge >= 0.3 is 5.97 Å². The Morgan fingerprint density at radius 1 is 1.15 bits per heavy atom. The van der Waals surface area contributed by atoms with Gasteiger partial charge in [0.2, 0.25) is 5.91 Å². The van der Waals surface area contributed by atoms with E-state index in [0.717, 1.165) is 18.5 Å². The molecule has 0 radical (unpaired) electrons. The molecule has 0 unspecified atom stereocenters. The summed E-state index contributed by atoms with van der Waals surface area (Å²) in [6.07, 6.45) is 2.39. The van der Waals surface area contributed by atoms with Gasteiger partial charge in [-0.1, -0.05) is 30.3 Å². The van der Waals surface area contributed by atoms with Crippen LogP contribution >= 0.6 is 0 Å². The summed E-state index contributed by atoms with van der Waals surface area (Å²) in [5.41, 5.74) is 1.34. The van der Waals surface area contributed by atoms with Crippen molar-refractivity contribution in [3.63, 3.8) is 0 Å². The Bertz CT molecular complexity index is 798. The molecule has 2 aromatic rings. The highest BCUT2D eigenvalue weighted by Crippen LogP contribution is 2.28. The van der Waals surface area contributed by atoms with E-state index in [4.69, 9.17) is 4.74 Å². The smallest absolute Gasteiger partial charge is 0.357 e. The molecule has 1 saturated heterocycles. The van der Waals surface area contributed by atoms with Crippen LogP contribution in [-0.4, -0.2) is 35.0 Å². The first-order valence-electron chi connectivity index (χ1n) is 9.12. The first-order valence-corrected chi connectivity index (χ1v) is 9.12. The van der Waals surface area contributed by atoms with Crippen LogP contribution in [0.5, 0.6) is 0 Å². The fourth-order valence-corrected chi connectivity index (χ4v) is 3.18. The average Bonchev–Trinajstić information content (AvgIpc) is 3.11. The van der Waals surface area contributed by atoms with Gasteiger partial charge in [-0.15, -0.1) is 0 Å². The summed E-state index contributed by atoms with van der Waals surface area (Å²) >= 11 is 0. The highest BCUT2D eigenvalue weighted by molar-refractivity contribution is 5.96. The predicted octanol–water partition coefficient (Wildman–Crippen LogP) is 3.12. The predicted molar refractivity (Wildman–Crippen MR) is 104 cm³/mol. The second-order valence-electron chi connectivity index (χ2n) is 7.66. The maximum absolute atomic E-state index is 12.7. The second kappa shape index (κ2) is 7.88. The molecule has 1 amide bonds. The van der Waals surface area contributed by atoms with E-state index in [1.807, 2.05) is 18.2 Å². The van der Waals surface area contributed by atoms with Crippen LogP contribution in [0, 0.1) is 0 Å². The highest BCUT2D eigenvalue weighted by atomic mass is 16.6. The van der Waals surface area contributed by atoms with Gasteiger partial charge in [0.25, 0.3) is 0 Å². The number of pyridine rings is 1. The van der Waals surface area contributed by atoms with Gasteiger partial charge in [0.05, 0.1) is 17.9 Å². The van der Waals surface area contributed by atoms with Crippen LogP contribution in [0.1, 0.15) is 49.2 Å². The quantitative estimate of drug-likeness (QED) is 0.812. The minimum atomic E-state index is -0.577. The highest BCUT2D eigenvalue weighted by Gasteiger charge is 2.33. The molecule has 6 nitrogen and oxygen atoms in total. The van der Waals surface area contributed by atoms with Gasteiger partial charge in [0.1, 0.15) is 11.3 Å². The van der Waals surface area contributed by atoms with E-state index < -0.39 is 11.6 Å². The van der Waals surface area contributed by atoms with E-state index in [1.54, 1.807) is 32.9 Å². The molecule has 1 aromatic heterocycles. The number of amides is 1. The molecule has 1 aromatic carbocycles. The van der Waals surface area contributed by atoms with Gasteiger partial charge in [0, 0.05) is 5.92 Å². The van der Waals surface area contributed by atoms with Crippen molar-refractivity contribution in [2.45, 2.75) is 44.8 Å². The summed E-state index contributed by atoms with van der Waals surface area (Å²) in [7, 11) is 0. The van der Waals surface area contributed by atoms with Crippen molar-refractivity contribution in [2.24, 2.45) is 0 Å². The van der Waals surface area contributed by atoms with Crippen LogP contribution in [0.3, 0.4) is 0 Å². The monoisotopic (exact) mass is 367 g/mol. The minimum Gasteiger partial charge on any atom is -0.455 e. The first kappa shape index (κ1) is 19.0. The van der Waals surface area contributed by atoms with Crippen molar-refractivity contribution >= 4 is 17.6 Å². The molecule has 27 heavy (non-hydrogen) atoms. The largest absolute Gasteiger partial charge is 0.455 e. The van der Waals surface area contributed by atoms with E-state index in [9.17, 15) is 9.59 Å². The Morgan fingerprint density at radius 2 is 1.89 bits per heavy atom. The van der Waals surface area contributed by atoms with Crippen LogP contribution in [-0.2, 0) is 9.53 Å². The van der Waals surface area contributed by atoms with Gasteiger partial charge in [-0.05, 0) is 51.4 Å². The number of hydrogen-bond donors (Lipinski definition) is 2. The minimum absolute atomic E-state index is 0.104. The van der Waals surface area contributed by atoms with Gasteiger partial charge < -0.3 is 15.4 Å². The molecule has 0 saturated carbocycles. The fourth-order valence-electron chi connectivity index (χ4n) is 3.18. The van der Waals surface area contributed by atoms with Crippen LogP contribution in [0.4, 0.5) is 5.69 Å². The van der Waals surface area contributed by atoms with Crippen LogP contribution in [0.2, 0.25) is 0 Å². The standard InChI is InChI=1S/C21H25N3O3/c1-21(2,3)27-20(26)17-10-9-15(13-23-17)24-19(25)18-16(11-12-22-18)14-7-5-4-6-8-14/h4-10,13,16,18,22H,11-12H2,1-3H3,(H,24,25)/t16-,18+/m1/s1. The number of aromatic nitrogens is 1. The Morgan fingerprint density at radius 3 is 2.52 bits per heavy atom. The van der Waals surface area contributed by atoms with E-state index in [1.165, 1.54) is 6.20 Å². The van der Waals surface area contributed by atoms with Gasteiger partial charge in [-0.25, -0.2) is 9.78 Å². The number of nitrogens with zero attached hydrogens (tertiary/aromatic N) is 1. The average molecular weight is 367 g/mol. The zero-order chi connectivity index (χ0) is 19.4. The molecule has 2 atom stereocenters. The van der Waals surface area contributed by atoms with E-state index in [0.29, 0.717) is 5.69 Å². The molecule has 2 N–H and O–H groups in total. The number of benzene rings is 1. The number of anilines is 1. The van der Waals surface area contributed by atoms with Crippen molar-refractivity contribution in [3.05, 3.63) is 59.9 Å². The molecule has 3 rings (SSSR count). The second-order valence-corrected chi connectivity index (χ2v) is 7.66. The topological polar surface area (TPSA) is 80.3 Å². The molecular weight excluding hydrogens is 342 g/mol. The molecule has 1 aliphatic heterocycles. The van der Waals surface area contributed by atoms with Crippen LogP contribution in [0.25, 0.3) is 0 Å². The normalized spacial score (nSPS) is 19.5. The summed E-state index contributed by atoms with van der Waals surface area (Å²) in [4.78, 5) is 28.8. The van der Waals surface area contributed by atoms with Crippen molar-refractivity contribution in [2.75, 3.05) is 11.9 Å². The van der Waals surface area contributed by atoms with Gasteiger partial charge in [-0.2, -0.15) is 0 Å². The Labute approximate surface area is 159 Å². The van der Waals surface area contributed by atoms with E-state index in [2.05, 4.69) is 27.8 Å². The number of hydrogen-bond acceptors (Lipinski definition) is 5. The molecular formula is C21H25N3O3. The van der Waals surface area contributed by atoms with Gasteiger partial charge in [0.15, 0.2) is 0 Å². The SMILES string of the molecule is CC(C)(C)OC(=O)c1ccc(NC(=O)[C@H]2NCC[C@@H]2c2ccccc2)cn1. The fraction of sp³-hybridized carbons (Fsp3) is 0.381. The third-order valence-corrected chi connectivity index (χ3v) is 4.37.